The highest BCUT2D eigenvalue weighted by atomic mass is 32.1. The van der Waals surface area contributed by atoms with Gasteiger partial charge < -0.3 is 14.8 Å². The average Bonchev–Trinajstić information content (AvgIpc) is 3.12. The van der Waals surface area contributed by atoms with Crippen LogP contribution in [0.15, 0.2) is 23.6 Å². The van der Waals surface area contributed by atoms with Gasteiger partial charge in [-0.15, -0.1) is 11.3 Å². The van der Waals surface area contributed by atoms with Gasteiger partial charge in [0.2, 0.25) is 5.91 Å². The first-order chi connectivity index (χ1) is 12.6. The van der Waals surface area contributed by atoms with Crippen LogP contribution in [0.2, 0.25) is 0 Å². The number of nitrogens with one attached hydrogen (secondary N) is 1. The average molecular weight is 378 g/mol. The summed E-state index contributed by atoms with van der Waals surface area (Å²) in [6.45, 7) is 6.41. The van der Waals surface area contributed by atoms with Gasteiger partial charge in [-0.3, -0.25) is 9.69 Å². The standard InChI is InChI=1S/C19H27N3O3S/c1-5-7-10-22(6-2)12-18(23)21-19-20-16(13-26-19)15-9-8-14(24-3)11-17(15)25-4/h8-9,11,13H,5-7,10,12H2,1-4H3,(H,20,21,23). The summed E-state index contributed by atoms with van der Waals surface area (Å²) >= 11 is 1.41. The Hall–Kier alpha value is -2.12. The second-order valence-electron chi connectivity index (χ2n) is 5.87. The molecule has 26 heavy (non-hydrogen) atoms. The number of carbonyl (C=O) groups is 1. The molecule has 1 N–H and O–H groups in total. The fraction of sp³-hybridized carbons (Fsp3) is 0.474. The Labute approximate surface area is 159 Å². The lowest BCUT2D eigenvalue weighted by Crippen LogP contribution is -2.33. The highest BCUT2D eigenvalue weighted by Gasteiger charge is 2.14. The second kappa shape index (κ2) is 10.1. The Morgan fingerprint density at radius 1 is 1.27 bits per heavy atom. The van der Waals surface area contributed by atoms with Crippen LogP contribution >= 0.6 is 11.3 Å². The minimum absolute atomic E-state index is 0.0365. The Balaban J connectivity index is 2.04. The first-order valence-corrected chi connectivity index (χ1v) is 9.69. The van der Waals surface area contributed by atoms with Crippen molar-refractivity contribution in [2.45, 2.75) is 26.7 Å². The fourth-order valence-electron chi connectivity index (χ4n) is 2.56. The number of hydrogen-bond donors (Lipinski definition) is 1. The third-order valence-electron chi connectivity index (χ3n) is 4.08. The summed E-state index contributed by atoms with van der Waals surface area (Å²) in [6, 6.07) is 5.59. The van der Waals surface area contributed by atoms with Crippen molar-refractivity contribution < 1.29 is 14.3 Å². The molecule has 0 aliphatic rings. The molecule has 2 aromatic rings. The van der Waals surface area contributed by atoms with Gasteiger partial charge in [-0.2, -0.15) is 0 Å². The number of likely N-dealkylation sites (N-methyl/N-ethyl adjacent to an activating group) is 1. The van der Waals surface area contributed by atoms with Crippen molar-refractivity contribution >= 4 is 22.4 Å². The molecule has 0 fully saturated rings. The summed E-state index contributed by atoms with van der Waals surface area (Å²) in [5.41, 5.74) is 1.63. The molecule has 0 spiro atoms. The molecule has 0 saturated heterocycles. The molecular formula is C19H27N3O3S. The predicted octanol–water partition coefficient (Wildman–Crippen LogP) is 3.89. The first kappa shape index (κ1) is 20.2. The van der Waals surface area contributed by atoms with Crippen molar-refractivity contribution in [1.82, 2.24) is 9.88 Å². The maximum absolute atomic E-state index is 12.3. The van der Waals surface area contributed by atoms with Crippen molar-refractivity contribution in [3.63, 3.8) is 0 Å². The van der Waals surface area contributed by atoms with Crippen molar-refractivity contribution in [1.29, 1.82) is 0 Å². The van der Waals surface area contributed by atoms with Crippen molar-refractivity contribution in [3.8, 4) is 22.8 Å². The molecule has 0 aliphatic carbocycles. The smallest absolute Gasteiger partial charge is 0.240 e. The van der Waals surface area contributed by atoms with Gasteiger partial charge in [0.1, 0.15) is 11.5 Å². The largest absolute Gasteiger partial charge is 0.497 e. The summed E-state index contributed by atoms with van der Waals surface area (Å²) in [4.78, 5) is 18.9. The van der Waals surface area contributed by atoms with E-state index in [9.17, 15) is 4.79 Å². The number of hydrogen-bond acceptors (Lipinski definition) is 6. The minimum atomic E-state index is -0.0365. The lowest BCUT2D eigenvalue weighted by molar-refractivity contribution is -0.117. The summed E-state index contributed by atoms with van der Waals surface area (Å²) in [6.07, 6.45) is 2.22. The van der Waals surface area contributed by atoms with Gasteiger partial charge in [0.25, 0.3) is 0 Å². The number of thiazole rings is 1. The highest BCUT2D eigenvalue weighted by molar-refractivity contribution is 7.14. The Morgan fingerprint density at radius 2 is 2.08 bits per heavy atom. The van der Waals surface area contributed by atoms with E-state index in [1.807, 2.05) is 23.6 Å². The molecule has 0 atom stereocenters. The van der Waals surface area contributed by atoms with Gasteiger partial charge in [-0.05, 0) is 31.6 Å². The lowest BCUT2D eigenvalue weighted by atomic mass is 10.1. The van der Waals surface area contributed by atoms with Crippen LogP contribution in [0.4, 0.5) is 5.13 Å². The van der Waals surface area contributed by atoms with Crippen molar-refractivity contribution in [2.75, 3.05) is 39.2 Å². The lowest BCUT2D eigenvalue weighted by Gasteiger charge is -2.18. The van der Waals surface area contributed by atoms with Crippen LogP contribution in [0.1, 0.15) is 26.7 Å². The second-order valence-corrected chi connectivity index (χ2v) is 6.73. The number of unbranched alkanes of at least 4 members (excludes halogenated alkanes) is 1. The number of methoxy groups -OCH3 is 2. The van der Waals surface area contributed by atoms with Crippen LogP contribution in [0.5, 0.6) is 11.5 Å². The van der Waals surface area contributed by atoms with Gasteiger partial charge in [-0.1, -0.05) is 20.3 Å². The van der Waals surface area contributed by atoms with Crippen molar-refractivity contribution in [2.24, 2.45) is 0 Å². The number of carbonyl (C=O) groups excluding carboxylic acids is 1. The van der Waals surface area contributed by atoms with Crippen LogP contribution in [0.25, 0.3) is 11.3 Å². The SMILES string of the molecule is CCCCN(CC)CC(=O)Nc1nc(-c2ccc(OC)cc2OC)cs1. The van der Waals surface area contributed by atoms with E-state index in [1.165, 1.54) is 11.3 Å². The van der Waals surface area contributed by atoms with Crippen LogP contribution < -0.4 is 14.8 Å². The molecule has 1 aromatic carbocycles. The zero-order valence-electron chi connectivity index (χ0n) is 15.9. The number of rotatable bonds is 10. The number of ether oxygens (including phenoxy) is 2. The number of anilines is 1. The minimum Gasteiger partial charge on any atom is -0.497 e. The molecule has 7 heteroatoms. The molecule has 0 radical (unpaired) electrons. The third-order valence-corrected chi connectivity index (χ3v) is 4.84. The van der Waals surface area contributed by atoms with Crippen LogP contribution in [0, 0.1) is 0 Å². The zero-order chi connectivity index (χ0) is 18.9. The predicted molar refractivity (Wildman–Crippen MR) is 106 cm³/mol. The molecule has 6 nitrogen and oxygen atoms in total. The number of nitrogens with zero attached hydrogens (tertiary/aromatic N) is 2. The molecule has 0 bridgehead atoms. The monoisotopic (exact) mass is 377 g/mol. The molecule has 1 heterocycles. The first-order valence-electron chi connectivity index (χ1n) is 8.81. The van der Waals surface area contributed by atoms with Gasteiger partial charge in [-0.25, -0.2) is 4.98 Å². The van der Waals surface area contributed by atoms with Gasteiger partial charge >= 0.3 is 0 Å². The Kier molecular flexibility index (Phi) is 7.87. The van der Waals surface area contributed by atoms with E-state index in [1.54, 1.807) is 14.2 Å². The Bertz CT molecular complexity index is 718. The summed E-state index contributed by atoms with van der Waals surface area (Å²) in [5, 5.41) is 5.40. The molecule has 1 aromatic heterocycles. The van der Waals surface area contributed by atoms with E-state index >= 15 is 0 Å². The van der Waals surface area contributed by atoms with Crippen LogP contribution in [-0.4, -0.2) is 49.6 Å². The van der Waals surface area contributed by atoms with E-state index < -0.39 is 0 Å². The quantitative estimate of drug-likeness (QED) is 0.681. The van der Waals surface area contributed by atoms with E-state index in [-0.39, 0.29) is 5.91 Å². The van der Waals surface area contributed by atoms with Crippen LogP contribution in [-0.2, 0) is 4.79 Å². The van der Waals surface area contributed by atoms with Gasteiger partial charge in [0.05, 0.1) is 26.5 Å². The molecule has 2 rings (SSSR count). The maximum Gasteiger partial charge on any atom is 0.240 e. The summed E-state index contributed by atoms with van der Waals surface area (Å²) in [5.74, 6) is 1.37. The molecule has 0 aliphatic heterocycles. The molecular weight excluding hydrogens is 350 g/mol. The molecule has 0 unspecified atom stereocenters. The normalized spacial score (nSPS) is 10.8. The van der Waals surface area contributed by atoms with E-state index in [0.29, 0.717) is 17.4 Å². The van der Waals surface area contributed by atoms with E-state index in [2.05, 4.69) is 29.0 Å². The summed E-state index contributed by atoms with van der Waals surface area (Å²) in [7, 11) is 3.23. The Morgan fingerprint density at radius 3 is 2.73 bits per heavy atom. The number of aromatic nitrogens is 1. The van der Waals surface area contributed by atoms with E-state index in [4.69, 9.17) is 9.47 Å². The maximum atomic E-state index is 12.3. The van der Waals surface area contributed by atoms with Gasteiger partial charge in [0.15, 0.2) is 5.13 Å². The molecule has 142 valence electrons. The highest BCUT2D eigenvalue weighted by Crippen LogP contribution is 2.34. The van der Waals surface area contributed by atoms with Gasteiger partial charge in [0, 0.05) is 17.0 Å². The number of amides is 1. The third kappa shape index (κ3) is 5.44. The molecule has 1 amide bonds. The number of benzene rings is 1. The zero-order valence-corrected chi connectivity index (χ0v) is 16.7. The van der Waals surface area contributed by atoms with E-state index in [0.717, 1.165) is 42.9 Å². The fourth-order valence-corrected chi connectivity index (χ4v) is 3.28. The summed E-state index contributed by atoms with van der Waals surface area (Å²) < 4.78 is 10.6. The van der Waals surface area contributed by atoms with Crippen LogP contribution in [0.3, 0.4) is 0 Å². The van der Waals surface area contributed by atoms with Crippen molar-refractivity contribution in [3.05, 3.63) is 23.6 Å². The topological polar surface area (TPSA) is 63.7 Å². The molecule has 0 saturated carbocycles.